The minimum atomic E-state index is -0.272. The topological polar surface area (TPSA) is 37.4 Å². The van der Waals surface area contributed by atoms with Crippen LogP contribution < -0.4 is 4.90 Å². The number of imide groups is 1. The lowest BCUT2D eigenvalue weighted by atomic mass is 10.0. The van der Waals surface area contributed by atoms with Gasteiger partial charge in [-0.05, 0) is 29.8 Å². The molecule has 0 bridgehead atoms. The molecule has 0 spiro atoms. The van der Waals surface area contributed by atoms with Gasteiger partial charge in [0.05, 0.1) is 11.3 Å². The third-order valence-corrected chi connectivity index (χ3v) is 3.89. The number of carbonyl (C=O) groups is 2. The van der Waals surface area contributed by atoms with E-state index >= 15 is 0 Å². The minimum Gasteiger partial charge on any atom is -0.274 e. The number of hydrogen-bond acceptors (Lipinski definition) is 2. The molecule has 1 aliphatic rings. The second kappa shape index (κ2) is 5.30. The lowest BCUT2D eigenvalue weighted by molar-refractivity contribution is -0.122. The first-order valence-corrected chi connectivity index (χ1v) is 7.29. The molecular formula is C17H12BrNO2. The maximum Gasteiger partial charge on any atom is 0.265 e. The third kappa shape index (κ3) is 2.43. The van der Waals surface area contributed by atoms with E-state index in [0.717, 1.165) is 15.6 Å². The second-order valence-electron chi connectivity index (χ2n) is 4.79. The number of rotatable bonds is 1. The number of benzene rings is 2. The van der Waals surface area contributed by atoms with E-state index in [0.29, 0.717) is 11.3 Å². The molecule has 0 radical (unpaired) electrons. The fourth-order valence-corrected chi connectivity index (χ4v) is 2.68. The van der Waals surface area contributed by atoms with Crippen molar-refractivity contribution < 1.29 is 9.59 Å². The molecule has 4 heteroatoms. The van der Waals surface area contributed by atoms with E-state index in [2.05, 4.69) is 15.9 Å². The number of para-hydroxylation sites is 1. The monoisotopic (exact) mass is 341 g/mol. The average Bonchev–Trinajstić information content (AvgIpc) is 2.74. The molecule has 0 aromatic heterocycles. The lowest BCUT2D eigenvalue weighted by Gasteiger charge is -2.11. The molecule has 0 fully saturated rings. The lowest BCUT2D eigenvalue weighted by Crippen LogP contribution is -2.30. The summed E-state index contributed by atoms with van der Waals surface area (Å²) >= 11 is 3.38. The first kappa shape index (κ1) is 13.8. The van der Waals surface area contributed by atoms with Crippen LogP contribution in [0.1, 0.15) is 18.1 Å². The predicted molar refractivity (Wildman–Crippen MR) is 86.6 cm³/mol. The van der Waals surface area contributed by atoms with Gasteiger partial charge in [-0.2, -0.15) is 0 Å². The van der Waals surface area contributed by atoms with E-state index < -0.39 is 0 Å². The van der Waals surface area contributed by atoms with Gasteiger partial charge in [0.15, 0.2) is 0 Å². The Labute approximate surface area is 131 Å². The zero-order chi connectivity index (χ0) is 15.0. The molecule has 0 saturated heterocycles. The van der Waals surface area contributed by atoms with E-state index in [-0.39, 0.29) is 11.8 Å². The number of amides is 2. The number of carbonyl (C=O) groups excluding carboxylic acids is 2. The van der Waals surface area contributed by atoms with Crippen molar-refractivity contribution >= 4 is 45.1 Å². The fourth-order valence-electron chi connectivity index (χ4n) is 2.42. The van der Waals surface area contributed by atoms with Crippen molar-refractivity contribution in [2.45, 2.75) is 6.92 Å². The Hall–Kier alpha value is -2.20. The summed E-state index contributed by atoms with van der Waals surface area (Å²) in [6.07, 6.45) is 1.82. The number of halogens is 1. The fraction of sp³-hybridized carbons (Fsp3) is 0.0588. The molecule has 0 atom stereocenters. The van der Waals surface area contributed by atoms with Crippen molar-refractivity contribution in [1.29, 1.82) is 0 Å². The van der Waals surface area contributed by atoms with Gasteiger partial charge in [0.2, 0.25) is 5.91 Å². The van der Waals surface area contributed by atoms with Gasteiger partial charge in [0.25, 0.3) is 5.91 Å². The van der Waals surface area contributed by atoms with Crippen molar-refractivity contribution in [2.24, 2.45) is 0 Å². The normalized spacial score (nSPS) is 15.4. The van der Waals surface area contributed by atoms with E-state index in [1.54, 1.807) is 6.07 Å². The van der Waals surface area contributed by atoms with Gasteiger partial charge in [-0.1, -0.05) is 46.3 Å². The molecule has 2 aromatic rings. The molecule has 2 amide bonds. The van der Waals surface area contributed by atoms with Crippen LogP contribution in [0, 0.1) is 0 Å². The number of hydrogen-bond donors (Lipinski definition) is 0. The smallest absolute Gasteiger partial charge is 0.265 e. The predicted octanol–water partition coefficient (Wildman–Crippen LogP) is 3.88. The minimum absolute atomic E-state index is 0.272. The molecule has 104 valence electrons. The van der Waals surface area contributed by atoms with Crippen molar-refractivity contribution in [1.82, 2.24) is 0 Å². The van der Waals surface area contributed by atoms with Crippen molar-refractivity contribution in [2.75, 3.05) is 4.90 Å². The highest BCUT2D eigenvalue weighted by Crippen LogP contribution is 2.37. The second-order valence-corrected chi connectivity index (χ2v) is 5.70. The van der Waals surface area contributed by atoms with Crippen LogP contribution in [0.2, 0.25) is 0 Å². The van der Waals surface area contributed by atoms with Crippen LogP contribution in [0.3, 0.4) is 0 Å². The van der Waals surface area contributed by atoms with Gasteiger partial charge in [-0.3, -0.25) is 9.59 Å². The third-order valence-electron chi connectivity index (χ3n) is 3.36. The highest BCUT2D eigenvalue weighted by molar-refractivity contribution is 9.10. The summed E-state index contributed by atoms with van der Waals surface area (Å²) in [5.41, 5.74) is 2.91. The number of nitrogens with zero attached hydrogens (tertiary/aromatic N) is 1. The van der Waals surface area contributed by atoms with Gasteiger partial charge in [-0.25, -0.2) is 4.90 Å². The first-order valence-electron chi connectivity index (χ1n) is 6.49. The molecule has 0 unspecified atom stereocenters. The largest absolute Gasteiger partial charge is 0.274 e. The van der Waals surface area contributed by atoms with Gasteiger partial charge in [0, 0.05) is 17.0 Å². The molecule has 1 heterocycles. The molecule has 3 rings (SSSR count). The molecule has 2 aromatic carbocycles. The Kier molecular flexibility index (Phi) is 3.47. The van der Waals surface area contributed by atoms with Crippen LogP contribution in [0.25, 0.3) is 11.6 Å². The van der Waals surface area contributed by atoms with Crippen LogP contribution in [0.5, 0.6) is 0 Å². The number of fused-ring (bicyclic) bond motifs is 1. The molecule has 1 aliphatic heterocycles. The molecule has 0 aliphatic carbocycles. The Balaban J connectivity index is 2.13. The van der Waals surface area contributed by atoms with Gasteiger partial charge in [-0.15, -0.1) is 0 Å². The summed E-state index contributed by atoms with van der Waals surface area (Å²) in [5.74, 6) is -0.543. The Morgan fingerprint density at radius 2 is 1.76 bits per heavy atom. The Bertz CT molecular complexity index is 763. The van der Waals surface area contributed by atoms with Crippen LogP contribution in [-0.4, -0.2) is 11.8 Å². The van der Waals surface area contributed by atoms with Crippen LogP contribution in [0.4, 0.5) is 5.69 Å². The van der Waals surface area contributed by atoms with E-state index in [1.165, 1.54) is 11.8 Å². The van der Waals surface area contributed by atoms with E-state index in [9.17, 15) is 9.59 Å². The van der Waals surface area contributed by atoms with Crippen molar-refractivity contribution in [3.05, 3.63) is 64.1 Å². The van der Waals surface area contributed by atoms with Gasteiger partial charge >= 0.3 is 0 Å². The van der Waals surface area contributed by atoms with E-state index in [1.807, 2.05) is 48.5 Å². The zero-order valence-corrected chi connectivity index (χ0v) is 12.9. The van der Waals surface area contributed by atoms with E-state index in [4.69, 9.17) is 0 Å². The summed E-state index contributed by atoms with van der Waals surface area (Å²) in [4.78, 5) is 25.5. The first-order chi connectivity index (χ1) is 10.1. The number of anilines is 1. The summed E-state index contributed by atoms with van der Waals surface area (Å²) in [5, 5.41) is 0. The summed E-state index contributed by atoms with van der Waals surface area (Å²) < 4.78 is 0.980. The summed E-state index contributed by atoms with van der Waals surface area (Å²) in [7, 11) is 0. The maximum absolute atomic E-state index is 12.5. The van der Waals surface area contributed by atoms with Crippen LogP contribution in [-0.2, 0) is 9.59 Å². The van der Waals surface area contributed by atoms with Gasteiger partial charge < -0.3 is 0 Å². The molecule has 3 nitrogen and oxygen atoms in total. The zero-order valence-electron chi connectivity index (χ0n) is 11.3. The highest BCUT2D eigenvalue weighted by Gasteiger charge is 2.34. The maximum atomic E-state index is 12.5. The van der Waals surface area contributed by atoms with Crippen molar-refractivity contribution in [3.8, 4) is 0 Å². The standard InChI is InChI=1S/C17H12BrNO2/c1-11(20)19-16-5-3-2-4-14(16)15(17(19)21)10-12-6-8-13(18)9-7-12/h2-10H,1H3/b15-10+. The molecule has 21 heavy (non-hydrogen) atoms. The molecule has 0 N–H and O–H groups in total. The van der Waals surface area contributed by atoms with Crippen LogP contribution in [0.15, 0.2) is 53.0 Å². The molecule has 0 saturated carbocycles. The Morgan fingerprint density at radius 3 is 2.43 bits per heavy atom. The summed E-state index contributed by atoms with van der Waals surface area (Å²) in [6, 6.07) is 15.0. The molecular weight excluding hydrogens is 330 g/mol. The SMILES string of the molecule is CC(=O)N1C(=O)/C(=C/c2ccc(Br)cc2)c2ccccc21. The van der Waals surface area contributed by atoms with Crippen LogP contribution >= 0.6 is 15.9 Å². The highest BCUT2D eigenvalue weighted by atomic mass is 79.9. The average molecular weight is 342 g/mol. The van der Waals surface area contributed by atoms with Crippen molar-refractivity contribution in [3.63, 3.8) is 0 Å². The van der Waals surface area contributed by atoms with Gasteiger partial charge in [0.1, 0.15) is 0 Å². The Morgan fingerprint density at radius 1 is 1.10 bits per heavy atom. The quantitative estimate of drug-likeness (QED) is 0.738. The summed E-state index contributed by atoms with van der Waals surface area (Å²) in [6.45, 7) is 1.40.